The van der Waals surface area contributed by atoms with Gasteiger partial charge in [-0.2, -0.15) is 0 Å². The number of piperidine rings is 1. The van der Waals surface area contributed by atoms with E-state index in [9.17, 15) is 4.79 Å². The standard InChI is InChI=1S/C14H20N2O/c1-15-13-5-3-4-12(10-13)14(17)11-6-8-16(2)9-7-11/h3-5,10-11,15H,6-9H2,1-2H3. The highest BCUT2D eigenvalue weighted by molar-refractivity contribution is 5.98. The van der Waals surface area contributed by atoms with Crippen LogP contribution in [0.15, 0.2) is 24.3 Å². The van der Waals surface area contributed by atoms with Gasteiger partial charge in [-0.3, -0.25) is 4.79 Å². The highest BCUT2D eigenvalue weighted by Gasteiger charge is 2.24. The van der Waals surface area contributed by atoms with E-state index in [1.165, 1.54) is 0 Å². The van der Waals surface area contributed by atoms with Crippen LogP contribution < -0.4 is 5.32 Å². The van der Waals surface area contributed by atoms with Gasteiger partial charge in [0.2, 0.25) is 0 Å². The van der Waals surface area contributed by atoms with E-state index in [-0.39, 0.29) is 5.92 Å². The highest BCUT2D eigenvalue weighted by Crippen LogP contribution is 2.22. The first kappa shape index (κ1) is 12.1. The van der Waals surface area contributed by atoms with Gasteiger partial charge in [-0.1, -0.05) is 12.1 Å². The van der Waals surface area contributed by atoms with Crippen LogP contribution in [-0.4, -0.2) is 37.9 Å². The van der Waals surface area contributed by atoms with E-state index in [0.717, 1.165) is 37.2 Å². The fraction of sp³-hybridized carbons (Fsp3) is 0.500. The van der Waals surface area contributed by atoms with Gasteiger partial charge >= 0.3 is 0 Å². The van der Waals surface area contributed by atoms with Crippen LogP contribution in [0, 0.1) is 5.92 Å². The molecule has 1 aliphatic rings. The zero-order chi connectivity index (χ0) is 12.3. The first-order valence-corrected chi connectivity index (χ1v) is 6.21. The largest absolute Gasteiger partial charge is 0.388 e. The minimum atomic E-state index is 0.207. The molecule has 2 rings (SSSR count). The van der Waals surface area contributed by atoms with E-state index < -0.39 is 0 Å². The van der Waals surface area contributed by atoms with Crippen molar-refractivity contribution in [1.82, 2.24) is 4.90 Å². The highest BCUT2D eigenvalue weighted by atomic mass is 16.1. The Hall–Kier alpha value is -1.35. The molecule has 0 bridgehead atoms. The molecule has 0 aromatic heterocycles. The number of Topliss-reactive ketones (excluding diaryl/α,β-unsaturated/α-hetero) is 1. The van der Waals surface area contributed by atoms with Crippen molar-refractivity contribution in [2.75, 3.05) is 32.5 Å². The SMILES string of the molecule is CNc1cccc(C(=O)C2CCN(C)CC2)c1. The summed E-state index contributed by atoms with van der Waals surface area (Å²) >= 11 is 0. The smallest absolute Gasteiger partial charge is 0.166 e. The predicted molar refractivity (Wildman–Crippen MR) is 70.5 cm³/mol. The number of rotatable bonds is 3. The number of nitrogens with zero attached hydrogens (tertiary/aromatic N) is 1. The van der Waals surface area contributed by atoms with Crippen molar-refractivity contribution in [2.45, 2.75) is 12.8 Å². The molecular formula is C14H20N2O. The van der Waals surface area contributed by atoms with Crippen molar-refractivity contribution in [3.05, 3.63) is 29.8 Å². The molecule has 1 N–H and O–H groups in total. The van der Waals surface area contributed by atoms with Crippen molar-refractivity contribution in [1.29, 1.82) is 0 Å². The molecule has 0 amide bonds. The third-order valence-corrected chi connectivity index (χ3v) is 3.53. The van der Waals surface area contributed by atoms with Gasteiger partial charge in [-0.05, 0) is 45.1 Å². The van der Waals surface area contributed by atoms with Gasteiger partial charge in [0.1, 0.15) is 0 Å². The molecule has 0 spiro atoms. The second-order valence-corrected chi connectivity index (χ2v) is 4.77. The van der Waals surface area contributed by atoms with Crippen LogP contribution in [0.1, 0.15) is 23.2 Å². The second-order valence-electron chi connectivity index (χ2n) is 4.77. The minimum Gasteiger partial charge on any atom is -0.388 e. The lowest BCUT2D eigenvalue weighted by atomic mass is 9.89. The van der Waals surface area contributed by atoms with Crippen LogP contribution >= 0.6 is 0 Å². The van der Waals surface area contributed by atoms with E-state index in [1.54, 1.807) is 0 Å². The Labute approximate surface area is 103 Å². The molecule has 1 aromatic rings. The lowest BCUT2D eigenvalue weighted by molar-refractivity contribution is 0.0857. The molecule has 1 aromatic carbocycles. The van der Waals surface area contributed by atoms with E-state index in [4.69, 9.17) is 0 Å². The maximum absolute atomic E-state index is 12.3. The summed E-state index contributed by atoms with van der Waals surface area (Å²) in [6.07, 6.45) is 1.97. The molecule has 17 heavy (non-hydrogen) atoms. The number of likely N-dealkylation sites (tertiary alicyclic amines) is 1. The van der Waals surface area contributed by atoms with Crippen LogP contribution in [0.4, 0.5) is 5.69 Å². The maximum Gasteiger partial charge on any atom is 0.166 e. The average molecular weight is 232 g/mol. The molecule has 0 atom stereocenters. The van der Waals surface area contributed by atoms with Gasteiger partial charge in [0.05, 0.1) is 0 Å². The van der Waals surface area contributed by atoms with Gasteiger partial charge < -0.3 is 10.2 Å². The number of nitrogens with one attached hydrogen (secondary N) is 1. The first-order valence-electron chi connectivity index (χ1n) is 6.21. The number of hydrogen-bond donors (Lipinski definition) is 1. The summed E-state index contributed by atoms with van der Waals surface area (Å²) in [4.78, 5) is 14.6. The van der Waals surface area contributed by atoms with Crippen molar-refractivity contribution >= 4 is 11.5 Å². The van der Waals surface area contributed by atoms with E-state index >= 15 is 0 Å². The summed E-state index contributed by atoms with van der Waals surface area (Å²) in [5, 5.41) is 3.07. The minimum absolute atomic E-state index is 0.207. The van der Waals surface area contributed by atoms with Crippen LogP contribution in [-0.2, 0) is 0 Å². The number of carbonyl (C=O) groups excluding carboxylic acids is 1. The fourth-order valence-corrected chi connectivity index (χ4v) is 2.33. The van der Waals surface area contributed by atoms with Gasteiger partial charge in [-0.15, -0.1) is 0 Å². The summed E-state index contributed by atoms with van der Waals surface area (Å²) in [5.41, 5.74) is 1.84. The Balaban J connectivity index is 2.08. The molecule has 0 unspecified atom stereocenters. The molecule has 1 aliphatic heterocycles. The van der Waals surface area contributed by atoms with E-state index in [0.29, 0.717) is 5.78 Å². The fourth-order valence-electron chi connectivity index (χ4n) is 2.33. The third kappa shape index (κ3) is 2.86. The van der Waals surface area contributed by atoms with Crippen LogP contribution in [0.5, 0.6) is 0 Å². The van der Waals surface area contributed by atoms with Crippen molar-refractivity contribution in [2.24, 2.45) is 5.92 Å². The quantitative estimate of drug-likeness (QED) is 0.811. The summed E-state index contributed by atoms with van der Waals surface area (Å²) in [6, 6.07) is 7.78. The Morgan fingerprint density at radius 2 is 2.06 bits per heavy atom. The van der Waals surface area contributed by atoms with Gasteiger partial charge in [0, 0.05) is 24.2 Å². The molecular weight excluding hydrogens is 212 g/mol. The number of ketones is 1. The van der Waals surface area contributed by atoms with Crippen LogP contribution in [0.25, 0.3) is 0 Å². The monoisotopic (exact) mass is 232 g/mol. The number of benzene rings is 1. The zero-order valence-electron chi connectivity index (χ0n) is 10.6. The van der Waals surface area contributed by atoms with Gasteiger partial charge in [0.15, 0.2) is 5.78 Å². The van der Waals surface area contributed by atoms with Crippen molar-refractivity contribution in [3.8, 4) is 0 Å². The Bertz CT molecular complexity index is 395. The third-order valence-electron chi connectivity index (χ3n) is 3.53. The summed E-state index contributed by atoms with van der Waals surface area (Å²) in [5.74, 6) is 0.508. The lowest BCUT2D eigenvalue weighted by Crippen LogP contribution is -2.33. The van der Waals surface area contributed by atoms with Crippen LogP contribution in [0.2, 0.25) is 0 Å². The Kier molecular flexibility index (Phi) is 3.79. The zero-order valence-corrected chi connectivity index (χ0v) is 10.6. The topological polar surface area (TPSA) is 32.3 Å². The molecule has 3 nitrogen and oxygen atoms in total. The Morgan fingerprint density at radius 1 is 1.35 bits per heavy atom. The van der Waals surface area contributed by atoms with E-state index in [1.807, 2.05) is 31.3 Å². The molecule has 0 radical (unpaired) electrons. The molecule has 92 valence electrons. The molecule has 1 heterocycles. The first-order chi connectivity index (χ1) is 8.20. The van der Waals surface area contributed by atoms with Gasteiger partial charge in [0.25, 0.3) is 0 Å². The summed E-state index contributed by atoms with van der Waals surface area (Å²) < 4.78 is 0. The normalized spacial score (nSPS) is 18.0. The van der Waals surface area contributed by atoms with E-state index in [2.05, 4.69) is 17.3 Å². The summed E-state index contributed by atoms with van der Waals surface area (Å²) in [7, 11) is 3.99. The van der Waals surface area contributed by atoms with Crippen molar-refractivity contribution < 1.29 is 4.79 Å². The summed E-state index contributed by atoms with van der Waals surface area (Å²) in [6.45, 7) is 2.06. The maximum atomic E-state index is 12.3. The molecule has 0 saturated carbocycles. The average Bonchev–Trinajstić information content (AvgIpc) is 2.39. The Morgan fingerprint density at radius 3 is 2.71 bits per heavy atom. The lowest BCUT2D eigenvalue weighted by Gasteiger charge is -2.28. The van der Waals surface area contributed by atoms with Crippen molar-refractivity contribution in [3.63, 3.8) is 0 Å². The molecule has 1 saturated heterocycles. The predicted octanol–water partition coefficient (Wildman–Crippen LogP) is 2.25. The molecule has 0 aliphatic carbocycles. The number of carbonyl (C=O) groups is 1. The second kappa shape index (κ2) is 5.32. The number of anilines is 1. The van der Waals surface area contributed by atoms with Gasteiger partial charge in [-0.25, -0.2) is 0 Å². The molecule has 3 heteroatoms. The number of hydrogen-bond acceptors (Lipinski definition) is 3. The van der Waals surface area contributed by atoms with Crippen LogP contribution in [0.3, 0.4) is 0 Å². The molecule has 1 fully saturated rings.